The average molecular weight is 562 g/mol. The number of anilines is 3. The molecule has 0 radical (unpaired) electrons. The highest BCUT2D eigenvalue weighted by Gasteiger charge is 2.37. The minimum atomic E-state index is -4.74. The second-order valence-corrected chi connectivity index (χ2v) is 10.5. The van der Waals surface area contributed by atoms with Crippen molar-refractivity contribution in [2.45, 2.75) is 50.7 Å². The number of para-hydroxylation sites is 1. The van der Waals surface area contributed by atoms with Gasteiger partial charge in [0.15, 0.2) is 5.82 Å². The number of hydrogen-bond donors (Lipinski definition) is 2. The van der Waals surface area contributed by atoms with Crippen LogP contribution in [0.25, 0.3) is 5.82 Å². The summed E-state index contributed by atoms with van der Waals surface area (Å²) in [4.78, 5) is 23.2. The van der Waals surface area contributed by atoms with E-state index in [1.807, 2.05) is 24.3 Å². The maximum atomic E-state index is 13.6. The van der Waals surface area contributed by atoms with Crippen LogP contribution < -0.4 is 10.6 Å². The van der Waals surface area contributed by atoms with Gasteiger partial charge in [-0.15, -0.1) is 5.10 Å². The highest BCUT2D eigenvalue weighted by atomic mass is 19.4. The van der Waals surface area contributed by atoms with Crippen LogP contribution in [0.4, 0.5) is 30.5 Å². The molecule has 2 aromatic heterocycles. The van der Waals surface area contributed by atoms with Crippen LogP contribution in [-0.4, -0.2) is 49.7 Å². The number of hydrogen-bond acceptors (Lipinski definition) is 6. The second-order valence-electron chi connectivity index (χ2n) is 10.5. The quantitative estimate of drug-likeness (QED) is 0.280. The Bertz CT molecular complexity index is 1510. The first-order chi connectivity index (χ1) is 19.8. The number of nitrogens with zero attached hydrogens (tertiary/aromatic N) is 5. The lowest BCUT2D eigenvalue weighted by atomic mass is 10.0. The van der Waals surface area contributed by atoms with Crippen molar-refractivity contribution in [1.82, 2.24) is 24.6 Å². The number of nitrogens with one attached hydrogen (secondary N) is 2. The number of aryl methyl sites for hydroxylation is 2. The van der Waals surface area contributed by atoms with Crippen molar-refractivity contribution < 1.29 is 18.0 Å². The van der Waals surface area contributed by atoms with Crippen molar-refractivity contribution in [1.29, 1.82) is 0 Å². The summed E-state index contributed by atoms with van der Waals surface area (Å²) in [5, 5.41) is 9.48. The molecule has 1 amide bonds. The molecule has 1 atom stereocenters. The van der Waals surface area contributed by atoms with Gasteiger partial charge in [-0.1, -0.05) is 24.3 Å². The van der Waals surface area contributed by atoms with Gasteiger partial charge in [-0.25, -0.2) is 4.98 Å². The van der Waals surface area contributed by atoms with Gasteiger partial charge >= 0.3 is 6.18 Å². The van der Waals surface area contributed by atoms with Gasteiger partial charge in [0.25, 0.3) is 11.7 Å². The summed E-state index contributed by atoms with van der Waals surface area (Å²) in [5.41, 5.74) is 3.98. The number of pyridine rings is 1. The predicted octanol–water partition coefficient (Wildman–Crippen LogP) is 6.02. The number of aromatic nitrogens is 4. The first-order valence-corrected chi connectivity index (χ1v) is 13.8. The lowest BCUT2D eigenvalue weighted by molar-refractivity contribution is -0.144. The van der Waals surface area contributed by atoms with Gasteiger partial charge in [-0.2, -0.15) is 22.8 Å². The fraction of sp³-hybridized carbons (Fsp3) is 0.333. The summed E-state index contributed by atoms with van der Waals surface area (Å²) in [6.45, 7) is 2.33. The molecule has 0 saturated carbocycles. The van der Waals surface area contributed by atoms with E-state index in [1.54, 1.807) is 24.3 Å². The van der Waals surface area contributed by atoms with Crippen LogP contribution in [-0.2, 0) is 19.0 Å². The number of likely N-dealkylation sites (tertiary alicyclic amines) is 1. The Balaban J connectivity index is 1.22. The Labute approximate surface area is 235 Å². The molecule has 212 valence electrons. The first-order valence-electron chi connectivity index (χ1n) is 13.8. The normalized spacial score (nSPS) is 17.6. The molecule has 41 heavy (non-hydrogen) atoms. The number of halogens is 3. The number of alkyl halides is 3. The first kappa shape index (κ1) is 26.9. The molecule has 4 aromatic rings. The van der Waals surface area contributed by atoms with E-state index < -0.39 is 12.0 Å². The van der Waals surface area contributed by atoms with E-state index in [9.17, 15) is 18.0 Å². The largest absolute Gasteiger partial charge is 0.453 e. The van der Waals surface area contributed by atoms with Crippen molar-refractivity contribution >= 4 is 23.2 Å². The standard InChI is InChI=1S/C30H30F3N7O/c31-30(32,33)28-37-29(36-24-12-8-20-9-13-25(14-10-21(20)18-24)39-16-4-5-17-39)40(38-28)26-15-11-22(19-34-26)27(41)35-23-6-2-1-3-7-23/h1-3,6-8,11-12,15,18-19,25H,4-5,9-10,13-14,16-17H2,(H,35,41)(H,36,37,38). The Kier molecular flexibility index (Phi) is 7.44. The second kappa shape index (κ2) is 11.3. The molecule has 2 aromatic carbocycles. The fourth-order valence-electron chi connectivity index (χ4n) is 5.61. The van der Waals surface area contributed by atoms with Gasteiger partial charge in [0.1, 0.15) is 0 Å². The lowest BCUT2D eigenvalue weighted by Gasteiger charge is -2.25. The number of amides is 1. The molecule has 1 aliphatic carbocycles. The Morgan fingerprint density at radius 2 is 1.66 bits per heavy atom. The maximum absolute atomic E-state index is 13.6. The molecular formula is C30H30F3N7O. The van der Waals surface area contributed by atoms with E-state index in [0.717, 1.165) is 43.5 Å². The number of benzene rings is 2. The maximum Gasteiger partial charge on any atom is 0.453 e. The summed E-state index contributed by atoms with van der Waals surface area (Å²) in [6.07, 6.45) is 3.17. The van der Waals surface area contributed by atoms with Gasteiger partial charge in [-0.05, 0) is 99.1 Å². The minimum absolute atomic E-state index is 0.0926. The van der Waals surface area contributed by atoms with Gasteiger partial charge in [0.05, 0.1) is 5.56 Å². The fourth-order valence-corrected chi connectivity index (χ4v) is 5.61. The van der Waals surface area contributed by atoms with E-state index in [2.05, 4.69) is 30.6 Å². The topological polar surface area (TPSA) is 88.0 Å². The van der Waals surface area contributed by atoms with Crippen LogP contribution in [0.1, 0.15) is 53.0 Å². The molecule has 2 N–H and O–H groups in total. The Hall–Kier alpha value is -4.25. The van der Waals surface area contributed by atoms with E-state index >= 15 is 0 Å². The number of carbonyl (C=O) groups is 1. The van der Waals surface area contributed by atoms with Crippen molar-refractivity contribution in [3.8, 4) is 5.82 Å². The van der Waals surface area contributed by atoms with Crippen LogP contribution in [0.5, 0.6) is 0 Å². The molecular weight excluding hydrogens is 531 g/mol. The molecule has 8 nitrogen and oxygen atoms in total. The third kappa shape index (κ3) is 6.09. The lowest BCUT2D eigenvalue weighted by Crippen LogP contribution is -2.32. The summed E-state index contributed by atoms with van der Waals surface area (Å²) in [5.74, 6) is -1.69. The SMILES string of the molecule is O=C(Nc1ccccc1)c1ccc(-n2nc(C(F)(F)F)nc2Nc2ccc3c(c2)CCC(N2CCCC2)CC3)nc1. The minimum Gasteiger partial charge on any atom is -0.324 e. The number of rotatable bonds is 6. The highest BCUT2D eigenvalue weighted by molar-refractivity contribution is 6.04. The molecule has 3 heterocycles. The van der Waals surface area contributed by atoms with Crippen molar-refractivity contribution in [3.05, 3.63) is 89.4 Å². The van der Waals surface area contributed by atoms with Crippen LogP contribution in [0.15, 0.2) is 66.9 Å². The van der Waals surface area contributed by atoms with E-state index in [1.165, 1.54) is 42.3 Å². The summed E-state index contributed by atoms with van der Waals surface area (Å²) in [7, 11) is 0. The van der Waals surface area contributed by atoms with Crippen LogP contribution in [0.2, 0.25) is 0 Å². The zero-order valence-electron chi connectivity index (χ0n) is 22.4. The summed E-state index contributed by atoms with van der Waals surface area (Å²) in [6, 6.07) is 18.3. The highest BCUT2D eigenvalue weighted by Crippen LogP contribution is 2.31. The molecule has 0 spiro atoms. The van der Waals surface area contributed by atoms with E-state index in [-0.39, 0.29) is 23.2 Å². The average Bonchev–Trinajstić information content (AvgIpc) is 3.61. The summed E-state index contributed by atoms with van der Waals surface area (Å²) < 4.78 is 41.8. The van der Waals surface area contributed by atoms with Gasteiger partial charge in [-0.3, -0.25) is 4.79 Å². The van der Waals surface area contributed by atoms with Crippen LogP contribution in [0.3, 0.4) is 0 Å². The Morgan fingerprint density at radius 1 is 0.902 bits per heavy atom. The van der Waals surface area contributed by atoms with Gasteiger partial charge in [0, 0.05) is 23.6 Å². The third-order valence-electron chi connectivity index (χ3n) is 7.73. The van der Waals surface area contributed by atoms with Gasteiger partial charge < -0.3 is 15.5 Å². The summed E-state index contributed by atoms with van der Waals surface area (Å²) >= 11 is 0. The van der Waals surface area contributed by atoms with Crippen molar-refractivity contribution in [2.75, 3.05) is 23.7 Å². The van der Waals surface area contributed by atoms with Gasteiger partial charge in [0.2, 0.25) is 5.95 Å². The molecule has 2 aliphatic rings. The Morgan fingerprint density at radius 3 is 2.37 bits per heavy atom. The number of fused-ring (bicyclic) bond motifs is 1. The zero-order valence-corrected chi connectivity index (χ0v) is 22.4. The molecule has 0 bridgehead atoms. The molecule has 1 unspecified atom stereocenters. The molecule has 6 rings (SSSR count). The zero-order chi connectivity index (χ0) is 28.4. The molecule has 1 aliphatic heterocycles. The predicted molar refractivity (Wildman–Crippen MR) is 150 cm³/mol. The molecule has 1 fully saturated rings. The monoisotopic (exact) mass is 561 g/mol. The van der Waals surface area contributed by atoms with E-state index in [0.29, 0.717) is 17.4 Å². The van der Waals surface area contributed by atoms with Crippen molar-refractivity contribution in [3.63, 3.8) is 0 Å². The molecule has 1 saturated heterocycles. The third-order valence-corrected chi connectivity index (χ3v) is 7.73. The van der Waals surface area contributed by atoms with E-state index in [4.69, 9.17) is 0 Å². The van der Waals surface area contributed by atoms with Crippen LogP contribution >= 0.6 is 0 Å². The van der Waals surface area contributed by atoms with Crippen molar-refractivity contribution in [2.24, 2.45) is 0 Å². The van der Waals surface area contributed by atoms with Crippen LogP contribution in [0, 0.1) is 0 Å². The number of carbonyl (C=O) groups excluding carboxylic acids is 1. The smallest absolute Gasteiger partial charge is 0.324 e. The molecule has 11 heteroatoms.